The van der Waals surface area contributed by atoms with Crippen molar-refractivity contribution in [1.29, 1.82) is 0 Å². The predicted molar refractivity (Wildman–Crippen MR) is 118 cm³/mol. The van der Waals surface area contributed by atoms with Crippen molar-refractivity contribution >= 4 is 18.1 Å². The number of esters is 1. The molecule has 164 valence electrons. The molecule has 1 amide bonds. The molecular weight excluding hydrogens is 412 g/mol. The van der Waals surface area contributed by atoms with Crippen LogP contribution in [-0.4, -0.2) is 37.4 Å². The topological polar surface area (TPSA) is 106 Å². The second-order valence-corrected chi connectivity index (χ2v) is 6.58. The van der Waals surface area contributed by atoms with E-state index in [9.17, 15) is 14.7 Å². The van der Waals surface area contributed by atoms with E-state index in [1.54, 1.807) is 72.8 Å². The standard InChI is InChI=1S/C24H22N2O6/c1-30-19-10-6-9-18(14-19)24(29)32-20-12-11-16(13-21(20)31-2)15-25-26-23(28)22(27)17-7-4-3-5-8-17/h3-15,22,27H,1-2H3,(H,26,28)/b25-15+. The minimum absolute atomic E-state index is 0.223. The number of nitrogens with zero attached hydrogens (tertiary/aromatic N) is 1. The van der Waals surface area contributed by atoms with Crippen molar-refractivity contribution in [3.8, 4) is 17.2 Å². The van der Waals surface area contributed by atoms with Crippen molar-refractivity contribution < 1.29 is 28.9 Å². The summed E-state index contributed by atoms with van der Waals surface area (Å²) in [6.07, 6.45) is 0.0486. The monoisotopic (exact) mass is 434 g/mol. The Hall–Kier alpha value is -4.17. The molecule has 0 heterocycles. The predicted octanol–water partition coefficient (Wildman–Crippen LogP) is 3.11. The van der Waals surface area contributed by atoms with Crippen LogP contribution in [0.4, 0.5) is 0 Å². The summed E-state index contributed by atoms with van der Waals surface area (Å²) in [5.74, 6) is -0.159. The van der Waals surface area contributed by atoms with Gasteiger partial charge in [-0.25, -0.2) is 10.2 Å². The van der Waals surface area contributed by atoms with E-state index >= 15 is 0 Å². The molecule has 3 aromatic carbocycles. The number of hydrazone groups is 1. The summed E-state index contributed by atoms with van der Waals surface area (Å²) in [7, 11) is 2.95. The molecule has 32 heavy (non-hydrogen) atoms. The van der Waals surface area contributed by atoms with Gasteiger partial charge in [-0.05, 0) is 47.5 Å². The Labute approximate surface area is 185 Å². The quantitative estimate of drug-likeness (QED) is 0.244. The fourth-order valence-corrected chi connectivity index (χ4v) is 2.78. The number of methoxy groups -OCH3 is 2. The number of benzene rings is 3. The number of aliphatic hydroxyl groups is 1. The van der Waals surface area contributed by atoms with Crippen LogP contribution in [0.15, 0.2) is 77.9 Å². The number of hydrogen-bond donors (Lipinski definition) is 2. The number of ether oxygens (including phenoxy) is 3. The average molecular weight is 434 g/mol. The Balaban J connectivity index is 1.65. The zero-order chi connectivity index (χ0) is 22.9. The molecular formula is C24H22N2O6. The van der Waals surface area contributed by atoms with Crippen LogP contribution in [0.2, 0.25) is 0 Å². The average Bonchev–Trinajstić information content (AvgIpc) is 2.84. The summed E-state index contributed by atoms with van der Waals surface area (Å²) in [5, 5.41) is 13.9. The molecule has 0 saturated carbocycles. The van der Waals surface area contributed by atoms with Crippen molar-refractivity contribution in [2.24, 2.45) is 5.10 Å². The Morgan fingerprint density at radius 2 is 1.72 bits per heavy atom. The zero-order valence-electron chi connectivity index (χ0n) is 17.5. The molecule has 0 aromatic heterocycles. The lowest BCUT2D eigenvalue weighted by Gasteiger charge is -2.11. The molecule has 1 unspecified atom stereocenters. The van der Waals surface area contributed by atoms with Crippen LogP contribution in [0.25, 0.3) is 0 Å². The highest BCUT2D eigenvalue weighted by Crippen LogP contribution is 2.28. The summed E-state index contributed by atoms with van der Waals surface area (Å²) in [6, 6.07) is 19.9. The second-order valence-electron chi connectivity index (χ2n) is 6.58. The Bertz CT molecular complexity index is 1110. The van der Waals surface area contributed by atoms with Crippen molar-refractivity contribution in [1.82, 2.24) is 5.43 Å². The lowest BCUT2D eigenvalue weighted by Crippen LogP contribution is -2.25. The van der Waals surface area contributed by atoms with Gasteiger partial charge in [-0.3, -0.25) is 4.79 Å². The van der Waals surface area contributed by atoms with E-state index in [1.165, 1.54) is 20.4 Å². The lowest BCUT2D eigenvalue weighted by molar-refractivity contribution is -0.129. The number of rotatable bonds is 8. The zero-order valence-corrected chi connectivity index (χ0v) is 17.5. The molecule has 0 bridgehead atoms. The van der Waals surface area contributed by atoms with Crippen LogP contribution < -0.4 is 19.6 Å². The van der Waals surface area contributed by atoms with Gasteiger partial charge in [-0.15, -0.1) is 0 Å². The smallest absolute Gasteiger partial charge is 0.343 e. The van der Waals surface area contributed by atoms with E-state index < -0.39 is 18.0 Å². The highest BCUT2D eigenvalue weighted by Gasteiger charge is 2.16. The van der Waals surface area contributed by atoms with Crippen molar-refractivity contribution in [3.63, 3.8) is 0 Å². The second kappa shape index (κ2) is 10.7. The van der Waals surface area contributed by atoms with Crippen LogP contribution in [0.1, 0.15) is 27.6 Å². The van der Waals surface area contributed by atoms with Crippen LogP contribution in [-0.2, 0) is 4.79 Å². The van der Waals surface area contributed by atoms with Gasteiger partial charge in [0.1, 0.15) is 5.75 Å². The summed E-state index contributed by atoms with van der Waals surface area (Å²) in [5.41, 5.74) is 3.66. The summed E-state index contributed by atoms with van der Waals surface area (Å²) in [4.78, 5) is 24.5. The van der Waals surface area contributed by atoms with E-state index in [4.69, 9.17) is 14.2 Å². The first-order valence-electron chi connectivity index (χ1n) is 9.62. The molecule has 8 nitrogen and oxygen atoms in total. The maximum atomic E-state index is 12.4. The fourth-order valence-electron chi connectivity index (χ4n) is 2.78. The molecule has 3 rings (SSSR count). The molecule has 0 radical (unpaired) electrons. The molecule has 0 aliphatic heterocycles. The van der Waals surface area contributed by atoms with Gasteiger partial charge in [0.05, 0.1) is 26.0 Å². The molecule has 3 aromatic rings. The van der Waals surface area contributed by atoms with Crippen LogP contribution in [0, 0.1) is 0 Å². The molecule has 0 aliphatic rings. The summed E-state index contributed by atoms with van der Waals surface area (Å²) in [6.45, 7) is 0. The normalized spacial score (nSPS) is 11.6. The van der Waals surface area contributed by atoms with Gasteiger partial charge in [-0.2, -0.15) is 5.10 Å². The SMILES string of the molecule is COc1cccc(C(=O)Oc2ccc(/C=N/NC(=O)C(O)c3ccccc3)cc2OC)c1. The first kappa shape index (κ1) is 22.5. The van der Waals surface area contributed by atoms with E-state index in [-0.39, 0.29) is 5.75 Å². The molecule has 2 N–H and O–H groups in total. The number of nitrogens with one attached hydrogen (secondary N) is 1. The van der Waals surface area contributed by atoms with Gasteiger partial charge in [0, 0.05) is 0 Å². The summed E-state index contributed by atoms with van der Waals surface area (Å²) >= 11 is 0. The van der Waals surface area contributed by atoms with Crippen molar-refractivity contribution in [3.05, 3.63) is 89.5 Å². The number of aliphatic hydroxyl groups excluding tert-OH is 1. The van der Waals surface area contributed by atoms with Crippen molar-refractivity contribution in [2.45, 2.75) is 6.10 Å². The maximum absolute atomic E-state index is 12.4. The molecule has 0 spiro atoms. The minimum atomic E-state index is -1.33. The van der Waals surface area contributed by atoms with Gasteiger partial charge in [0.25, 0.3) is 5.91 Å². The Morgan fingerprint density at radius 1 is 0.938 bits per heavy atom. The lowest BCUT2D eigenvalue weighted by atomic mass is 10.1. The van der Waals surface area contributed by atoms with E-state index in [0.717, 1.165) is 0 Å². The van der Waals surface area contributed by atoms with E-state index in [1.807, 2.05) is 0 Å². The van der Waals surface area contributed by atoms with Gasteiger partial charge in [0.15, 0.2) is 17.6 Å². The van der Waals surface area contributed by atoms with Crippen LogP contribution in [0.3, 0.4) is 0 Å². The Kier molecular flexibility index (Phi) is 7.55. The van der Waals surface area contributed by atoms with E-state index in [2.05, 4.69) is 10.5 Å². The molecule has 8 heteroatoms. The van der Waals surface area contributed by atoms with Gasteiger partial charge < -0.3 is 19.3 Å². The molecule has 0 fully saturated rings. The van der Waals surface area contributed by atoms with Gasteiger partial charge in [-0.1, -0.05) is 36.4 Å². The van der Waals surface area contributed by atoms with Gasteiger partial charge in [0.2, 0.25) is 0 Å². The fraction of sp³-hybridized carbons (Fsp3) is 0.125. The minimum Gasteiger partial charge on any atom is -0.497 e. The number of hydrogen-bond acceptors (Lipinski definition) is 7. The third kappa shape index (κ3) is 5.71. The van der Waals surface area contributed by atoms with Crippen molar-refractivity contribution in [2.75, 3.05) is 14.2 Å². The molecule has 1 atom stereocenters. The first-order valence-corrected chi connectivity index (χ1v) is 9.62. The third-order valence-corrected chi connectivity index (χ3v) is 4.45. The highest BCUT2D eigenvalue weighted by molar-refractivity contribution is 5.92. The number of carbonyl (C=O) groups is 2. The van der Waals surface area contributed by atoms with E-state index in [0.29, 0.717) is 28.2 Å². The maximum Gasteiger partial charge on any atom is 0.343 e. The van der Waals surface area contributed by atoms with Gasteiger partial charge >= 0.3 is 5.97 Å². The third-order valence-electron chi connectivity index (χ3n) is 4.45. The molecule has 0 aliphatic carbocycles. The number of carbonyl (C=O) groups excluding carboxylic acids is 2. The molecule has 0 saturated heterocycles. The first-order chi connectivity index (χ1) is 15.5. The summed E-state index contributed by atoms with van der Waals surface area (Å²) < 4.78 is 15.9. The van der Waals surface area contributed by atoms with Crippen LogP contribution >= 0.6 is 0 Å². The number of amides is 1. The van der Waals surface area contributed by atoms with Crippen LogP contribution in [0.5, 0.6) is 17.2 Å². The Morgan fingerprint density at radius 3 is 2.44 bits per heavy atom. The highest BCUT2D eigenvalue weighted by atomic mass is 16.6. The largest absolute Gasteiger partial charge is 0.497 e.